The Morgan fingerprint density at radius 1 is 1.13 bits per heavy atom. The van der Waals surface area contributed by atoms with Gasteiger partial charge >= 0.3 is 6.18 Å². The van der Waals surface area contributed by atoms with Crippen molar-refractivity contribution in [3.63, 3.8) is 0 Å². The van der Waals surface area contributed by atoms with Gasteiger partial charge in [0.1, 0.15) is 5.75 Å². The topological polar surface area (TPSA) is 84.5 Å². The second kappa shape index (κ2) is 7.92. The number of anilines is 2. The highest BCUT2D eigenvalue weighted by Gasteiger charge is 2.32. The third-order valence-electron chi connectivity index (χ3n) is 5.09. The fraction of sp³-hybridized carbons (Fsp3) is 0.286. The van der Waals surface area contributed by atoms with Gasteiger partial charge in [0.15, 0.2) is 0 Å². The highest BCUT2D eigenvalue weighted by atomic mass is 32.2. The number of fused-ring (bicyclic) bond motifs is 2. The van der Waals surface area contributed by atoms with Gasteiger partial charge < -0.3 is 10.1 Å². The molecule has 0 aromatic heterocycles. The number of hydrogen-bond donors (Lipinski definition) is 2. The Hall–Kier alpha value is -3.01. The number of ether oxygens (including phenoxy) is 1. The summed E-state index contributed by atoms with van der Waals surface area (Å²) in [4.78, 5) is 12.6. The van der Waals surface area contributed by atoms with E-state index >= 15 is 0 Å². The number of halogens is 3. The molecule has 2 aliphatic heterocycles. The summed E-state index contributed by atoms with van der Waals surface area (Å²) in [6.07, 6.45) is -1.74. The lowest BCUT2D eigenvalue weighted by Gasteiger charge is -2.19. The molecule has 1 amide bonds. The molecule has 0 unspecified atom stereocenters. The molecule has 0 saturated heterocycles. The van der Waals surface area contributed by atoms with Crippen LogP contribution in [-0.4, -0.2) is 26.7 Å². The van der Waals surface area contributed by atoms with Gasteiger partial charge in [0.25, 0.3) is 0 Å². The summed E-state index contributed by atoms with van der Waals surface area (Å²) < 4.78 is 70.4. The summed E-state index contributed by atoms with van der Waals surface area (Å²) >= 11 is 0. The van der Waals surface area contributed by atoms with Gasteiger partial charge in [-0.2, -0.15) is 13.2 Å². The lowest BCUT2D eigenvalue weighted by atomic mass is 9.99. The minimum Gasteiger partial charge on any atom is -0.493 e. The quantitative estimate of drug-likeness (QED) is 0.669. The fourth-order valence-electron chi connectivity index (χ4n) is 3.58. The van der Waals surface area contributed by atoms with Crippen LogP contribution in [0.5, 0.6) is 5.75 Å². The van der Waals surface area contributed by atoms with Crippen molar-refractivity contribution in [3.05, 3.63) is 59.2 Å². The Labute approximate surface area is 177 Å². The van der Waals surface area contributed by atoms with E-state index in [1.807, 2.05) is 0 Å². The van der Waals surface area contributed by atoms with Crippen LogP contribution in [-0.2, 0) is 27.4 Å². The van der Waals surface area contributed by atoms with Crippen molar-refractivity contribution >= 4 is 32.9 Å². The summed E-state index contributed by atoms with van der Waals surface area (Å²) in [5.41, 5.74) is 1.86. The number of rotatable bonds is 2. The molecule has 164 valence electrons. The maximum absolute atomic E-state index is 13.0. The molecule has 2 aliphatic rings. The average molecular weight is 452 g/mol. The normalized spacial score (nSPS) is 18.7. The van der Waals surface area contributed by atoms with E-state index in [4.69, 9.17) is 4.74 Å². The predicted molar refractivity (Wildman–Crippen MR) is 110 cm³/mol. The SMILES string of the molecule is O=C(C=C1CCCOc2cc(C(F)(F)F)ccc21)Nc1ccc2c(c1)NS(=O)(=O)CC2. The van der Waals surface area contributed by atoms with Gasteiger partial charge in [0.2, 0.25) is 15.9 Å². The third kappa shape index (κ3) is 4.84. The summed E-state index contributed by atoms with van der Waals surface area (Å²) in [5, 5.41) is 2.68. The molecule has 2 aromatic rings. The summed E-state index contributed by atoms with van der Waals surface area (Å²) in [6, 6.07) is 8.19. The molecule has 31 heavy (non-hydrogen) atoms. The molecule has 6 nitrogen and oxygen atoms in total. The van der Waals surface area contributed by atoms with Crippen molar-refractivity contribution in [2.24, 2.45) is 0 Å². The second-order valence-electron chi connectivity index (χ2n) is 7.36. The molecule has 0 aliphatic carbocycles. The number of carbonyl (C=O) groups excluding carboxylic acids is 1. The average Bonchev–Trinajstić information content (AvgIpc) is 2.88. The highest BCUT2D eigenvalue weighted by molar-refractivity contribution is 7.92. The van der Waals surface area contributed by atoms with E-state index in [1.54, 1.807) is 18.2 Å². The lowest BCUT2D eigenvalue weighted by molar-refractivity contribution is -0.137. The van der Waals surface area contributed by atoms with Crippen molar-refractivity contribution < 1.29 is 31.1 Å². The van der Waals surface area contributed by atoms with Gasteiger partial charge in [0, 0.05) is 17.3 Å². The van der Waals surface area contributed by atoms with Crippen molar-refractivity contribution in [3.8, 4) is 5.75 Å². The Morgan fingerprint density at radius 3 is 2.71 bits per heavy atom. The van der Waals surface area contributed by atoms with Crippen molar-refractivity contribution in [1.82, 2.24) is 0 Å². The van der Waals surface area contributed by atoms with E-state index in [0.29, 0.717) is 41.8 Å². The van der Waals surface area contributed by atoms with Crippen LogP contribution in [0.4, 0.5) is 24.5 Å². The molecule has 2 heterocycles. The van der Waals surface area contributed by atoms with E-state index in [-0.39, 0.29) is 18.1 Å². The molecule has 0 saturated carbocycles. The van der Waals surface area contributed by atoms with Gasteiger partial charge in [-0.05, 0) is 54.7 Å². The molecule has 0 spiro atoms. The van der Waals surface area contributed by atoms with E-state index < -0.39 is 27.7 Å². The van der Waals surface area contributed by atoms with E-state index in [0.717, 1.165) is 17.7 Å². The number of benzene rings is 2. The molecule has 2 N–H and O–H groups in total. The lowest BCUT2D eigenvalue weighted by Crippen LogP contribution is -2.24. The zero-order valence-corrected chi connectivity index (χ0v) is 17.1. The zero-order valence-electron chi connectivity index (χ0n) is 16.3. The minimum atomic E-state index is -4.49. The zero-order chi connectivity index (χ0) is 22.2. The van der Waals surface area contributed by atoms with Crippen LogP contribution in [0.2, 0.25) is 0 Å². The molecule has 0 atom stereocenters. The number of sulfonamides is 1. The van der Waals surface area contributed by atoms with Crippen molar-refractivity contribution in [1.29, 1.82) is 0 Å². The van der Waals surface area contributed by atoms with Crippen molar-refractivity contribution in [2.45, 2.75) is 25.4 Å². The number of nitrogens with one attached hydrogen (secondary N) is 2. The monoisotopic (exact) mass is 452 g/mol. The maximum Gasteiger partial charge on any atom is 0.416 e. The number of aryl methyl sites for hydroxylation is 1. The molecular formula is C21H19F3N2O4S. The van der Waals surface area contributed by atoms with Crippen LogP contribution >= 0.6 is 0 Å². The number of alkyl halides is 3. The molecule has 0 fully saturated rings. The molecule has 2 aromatic carbocycles. The predicted octanol–water partition coefficient (Wildman–Crippen LogP) is 4.20. The Balaban J connectivity index is 1.57. The van der Waals surface area contributed by atoms with E-state index in [2.05, 4.69) is 10.0 Å². The standard InChI is InChI=1S/C21H19F3N2O4S/c22-21(23,24)15-4-6-17-14(2-1-8-30-19(17)11-15)10-20(27)25-16-5-3-13-7-9-31(28,29)26-18(13)12-16/h3-6,10-12,26H,1-2,7-9H2,(H,25,27). The van der Waals surface area contributed by atoms with Crippen LogP contribution in [0, 0.1) is 0 Å². The second-order valence-corrected chi connectivity index (χ2v) is 9.20. The van der Waals surface area contributed by atoms with Crippen LogP contribution in [0.1, 0.15) is 29.5 Å². The van der Waals surface area contributed by atoms with E-state index in [1.165, 1.54) is 12.1 Å². The smallest absolute Gasteiger partial charge is 0.416 e. The number of hydrogen-bond acceptors (Lipinski definition) is 4. The van der Waals surface area contributed by atoms with Crippen LogP contribution in [0.3, 0.4) is 0 Å². The van der Waals surface area contributed by atoms with Crippen molar-refractivity contribution in [2.75, 3.05) is 22.4 Å². The summed E-state index contributed by atoms with van der Waals surface area (Å²) in [7, 11) is -3.38. The molecule has 0 bridgehead atoms. The Kier molecular flexibility index (Phi) is 5.42. The van der Waals surface area contributed by atoms with Crippen LogP contribution < -0.4 is 14.8 Å². The number of amides is 1. The molecule has 4 rings (SSSR count). The highest BCUT2D eigenvalue weighted by Crippen LogP contribution is 2.38. The number of carbonyl (C=O) groups is 1. The number of allylic oxidation sites excluding steroid dienone is 1. The van der Waals surface area contributed by atoms with Gasteiger partial charge in [-0.25, -0.2) is 8.42 Å². The fourth-order valence-corrected chi connectivity index (χ4v) is 4.70. The Morgan fingerprint density at radius 2 is 1.94 bits per heavy atom. The van der Waals surface area contributed by atoms with Crippen LogP contribution in [0.25, 0.3) is 5.57 Å². The molecular weight excluding hydrogens is 433 g/mol. The molecule has 10 heteroatoms. The first-order chi connectivity index (χ1) is 14.6. The van der Waals surface area contributed by atoms with Gasteiger partial charge in [-0.3, -0.25) is 9.52 Å². The maximum atomic E-state index is 13.0. The first kappa shape index (κ1) is 21.2. The summed E-state index contributed by atoms with van der Waals surface area (Å²) in [5.74, 6) is -0.370. The van der Waals surface area contributed by atoms with Crippen LogP contribution in [0.15, 0.2) is 42.5 Å². The largest absolute Gasteiger partial charge is 0.493 e. The van der Waals surface area contributed by atoms with E-state index in [9.17, 15) is 26.4 Å². The van der Waals surface area contributed by atoms with Gasteiger partial charge in [-0.1, -0.05) is 12.1 Å². The first-order valence-corrected chi connectivity index (χ1v) is 11.3. The van der Waals surface area contributed by atoms with Gasteiger partial charge in [-0.15, -0.1) is 0 Å². The summed E-state index contributed by atoms with van der Waals surface area (Å²) in [6.45, 7) is 0.248. The molecule has 0 radical (unpaired) electrons. The Bertz CT molecular complexity index is 1170. The first-order valence-electron chi connectivity index (χ1n) is 9.60. The third-order valence-corrected chi connectivity index (χ3v) is 6.36. The minimum absolute atomic E-state index is 0.00926. The van der Waals surface area contributed by atoms with Gasteiger partial charge in [0.05, 0.1) is 23.6 Å².